The summed E-state index contributed by atoms with van der Waals surface area (Å²) in [5.74, 6) is 0.409. The van der Waals surface area contributed by atoms with Gasteiger partial charge in [-0.25, -0.2) is 9.78 Å². The Morgan fingerprint density at radius 2 is 2.07 bits per heavy atom. The second-order valence-electron chi connectivity index (χ2n) is 7.30. The summed E-state index contributed by atoms with van der Waals surface area (Å²) in [7, 11) is 0. The normalized spacial score (nSPS) is 18.2. The molecular formula is C20H17BrN4O4. The summed E-state index contributed by atoms with van der Waals surface area (Å²) in [6.45, 7) is 0.503. The average Bonchev–Trinajstić information content (AvgIpc) is 3.53. The predicted octanol–water partition coefficient (Wildman–Crippen LogP) is 2.44. The van der Waals surface area contributed by atoms with Gasteiger partial charge in [-0.2, -0.15) is 0 Å². The van der Waals surface area contributed by atoms with Crippen molar-refractivity contribution in [2.45, 2.75) is 31.3 Å². The van der Waals surface area contributed by atoms with Crippen LogP contribution in [0, 0.1) is 0 Å². The van der Waals surface area contributed by atoms with Gasteiger partial charge in [-0.05, 0) is 37.1 Å². The minimum Gasteiger partial charge on any atom is -0.493 e. The highest BCUT2D eigenvalue weighted by atomic mass is 79.9. The summed E-state index contributed by atoms with van der Waals surface area (Å²) in [5.41, 5.74) is 0.488. The van der Waals surface area contributed by atoms with Crippen molar-refractivity contribution in [1.29, 1.82) is 0 Å². The van der Waals surface area contributed by atoms with E-state index in [-0.39, 0.29) is 28.9 Å². The smallest absolute Gasteiger partial charge is 0.330 e. The molecule has 1 atom stereocenters. The van der Waals surface area contributed by atoms with E-state index in [1.54, 1.807) is 0 Å². The van der Waals surface area contributed by atoms with Crippen LogP contribution in [0.15, 0.2) is 44.5 Å². The zero-order valence-corrected chi connectivity index (χ0v) is 16.9. The molecule has 1 unspecified atom stereocenters. The monoisotopic (exact) mass is 456 g/mol. The topological polar surface area (TPSA) is 106 Å². The second kappa shape index (κ2) is 6.84. The van der Waals surface area contributed by atoms with Gasteiger partial charge >= 0.3 is 5.69 Å². The van der Waals surface area contributed by atoms with Crippen LogP contribution in [0.25, 0.3) is 11.0 Å². The predicted molar refractivity (Wildman–Crippen MR) is 109 cm³/mol. The lowest BCUT2D eigenvalue weighted by atomic mass is 10.00. The van der Waals surface area contributed by atoms with Crippen molar-refractivity contribution < 1.29 is 9.53 Å². The van der Waals surface area contributed by atoms with Crippen molar-refractivity contribution in [3.8, 4) is 5.75 Å². The van der Waals surface area contributed by atoms with Crippen molar-refractivity contribution in [2.24, 2.45) is 0 Å². The number of hydrogen-bond donors (Lipinski definition) is 2. The number of H-pyrrole nitrogens is 1. The lowest BCUT2D eigenvalue weighted by Gasteiger charge is -2.27. The van der Waals surface area contributed by atoms with Gasteiger partial charge in [0.2, 0.25) is 0 Å². The van der Waals surface area contributed by atoms with Crippen molar-refractivity contribution in [2.75, 3.05) is 6.61 Å². The molecule has 1 aliphatic carbocycles. The third-order valence-corrected chi connectivity index (χ3v) is 5.76. The number of amides is 1. The first-order chi connectivity index (χ1) is 14.0. The molecule has 2 N–H and O–H groups in total. The number of aromatic amines is 1. The SMILES string of the molecule is O=C(NC1CCOc2ccc(Br)cc21)c1cnc2c(c1)c(=O)[nH]c(=O)n2C1CC1. The van der Waals surface area contributed by atoms with Crippen LogP contribution in [0.4, 0.5) is 0 Å². The summed E-state index contributed by atoms with van der Waals surface area (Å²) in [5, 5.41) is 3.24. The van der Waals surface area contributed by atoms with Gasteiger partial charge in [0.25, 0.3) is 11.5 Å². The van der Waals surface area contributed by atoms with Crippen LogP contribution in [0.5, 0.6) is 5.75 Å². The van der Waals surface area contributed by atoms with Crippen LogP contribution in [-0.2, 0) is 0 Å². The standard InChI is InChI=1S/C20H17BrN4O4/c21-11-1-4-16-13(8-11)15(5-6-29-16)23-18(26)10-7-14-17(22-9-10)25(12-2-3-12)20(28)24-19(14)27/h1,4,7-9,12,15H,2-3,5-6H2,(H,23,26)(H,24,27,28). The fraction of sp³-hybridized carbons (Fsp3) is 0.300. The van der Waals surface area contributed by atoms with Gasteiger partial charge < -0.3 is 10.1 Å². The van der Waals surface area contributed by atoms with Crippen molar-refractivity contribution in [3.63, 3.8) is 0 Å². The molecule has 1 saturated carbocycles. The van der Waals surface area contributed by atoms with E-state index in [1.807, 2.05) is 18.2 Å². The fourth-order valence-corrected chi connectivity index (χ4v) is 4.07. The van der Waals surface area contributed by atoms with Gasteiger partial charge in [-0.3, -0.25) is 19.1 Å². The molecule has 8 nitrogen and oxygen atoms in total. The molecule has 2 aliphatic rings. The van der Waals surface area contributed by atoms with E-state index in [2.05, 4.69) is 31.2 Å². The lowest BCUT2D eigenvalue weighted by molar-refractivity contribution is 0.0924. The summed E-state index contributed by atoms with van der Waals surface area (Å²) in [4.78, 5) is 43.9. The molecule has 0 bridgehead atoms. The number of nitrogens with zero attached hydrogens (tertiary/aromatic N) is 2. The molecule has 1 amide bonds. The summed E-state index contributed by atoms with van der Waals surface area (Å²) < 4.78 is 8.07. The van der Waals surface area contributed by atoms with E-state index < -0.39 is 11.2 Å². The van der Waals surface area contributed by atoms with Gasteiger partial charge in [-0.1, -0.05) is 15.9 Å². The molecule has 0 radical (unpaired) electrons. The number of carbonyl (C=O) groups is 1. The molecule has 148 valence electrons. The Bertz CT molecular complexity index is 1260. The molecule has 3 aromatic rings. The Morgan fingerprint density at radius 1 is 1.24 bits per heavy atom. The fourth-order valence-electron chi connectivity index (χ4n) is 3.69. The Hall–Kier alpha value is -2.94. The maximum atomic E-state index is 12.9. The number of carbonyl (C=O) groups excluding carboxylic acids is 1. The van der Waals surface area contributed by atoms with E-state index in [4.69, 9.17) is 4.74 Å². The van der Waals surface area contributed by atoms with Gasteiger partial charge in [0.05, 0.1) is 23.6 Å². The molecule has 0 saturated heterocycles. The van der Waals surface area contributed by atoms with Crippen molar-refractivity contribution in [3.05, 3.63) is 66.9 Å². The number of aromatic nitrogens is 3. The summed E-state index contributed by atoms with van der Waals surface area (Å²) >= 11 is 3.45. The molecule has 1 aromatic carbocycles. The molecule has 2 aromatic heterocycles. The highest BCUT2D eigenvalue weighted by Crippen LogP contribution is 2.35. The number of hydrogen-bond acceptors (Lipinski definition) is 5. The van der Waals surface area contributed by atoms with Crippen LogP contribution >= 0.6 is 15.9 Å². The van der Waals surface area contributed by atoms with Crippen molar-refractivity contribution in [1.82, 2.24) is 19.9 Å². The number of benzene rings is 1. The molecule has 1 fully saturated rings. The number of ether oxygens (including phenoxy) is 1. The van der Waals surface area contributed by atoms with Crippen molar-refractivity contribution >= 4 is 32.9 Å². The summed E-state index contributed by atoms with van der Waals surface area (Å²) in [6, 6.07) is 7.03. The maximum Gasteiger partial charge on any atom is 0.330 e. The third-order valence-electron chi connectivity index (χ3n) is 5.27. The zero-order valence-electron chi connectivity index (χ0n) is 15.3. The van der Waals surface area contributed by atoms with E-state index in [0.29, 0.717) is 18.7 Å². The number of fused-ring (bicyclic) bond motifs is 2. The van der Waals surface area contributed by atoms with Gasteiger partial charge in [-0.15, -0.1) is 0 Å². The Morgan fingerprint density at radius 3 is 2.86 bits per heavy atom. The van der Waals surface area contributed by atoms with E-state index >= 15 is 0 Å². The highest BCUT2D eigenvalue weighted by Gasteiger charge is 2.28. The van der Waals surface area contributed by atoms with E-state index in [1.165, 1.54) is 16.8 Å². The van der Waals surface area contributed by atoms with E-state index in [0.717, 1.165) is 28.6 Å². The first-order valence-corrected chi connectivity index (χ1v) is 10.2. The highest BCUT2D eigenvalue weighted by molar-refractivity contribution is 9.10. The van der Waals surface area contributed by atoms with Gasteiger partial charge in [0, 0.05) is 28.7 Å². The molecule has 29 heavy (non-hydrogen) atoms. The molecule has 0 spiro atoms. The largest absolute Gasteiger partial charge is 0.493 e. The molecule has 3 heterocycles. The molecular weight excluding hydrogens is 440 g/mol. The van der Waals surface area contributed by atoms with Crippen LogP contribution < -0.4 is 21.3 Å². The number of pyridine rings is 1. The minimum absolute atomic E-state index is 0.0613. The minimum atomic E-state index is -0.538. The van der Waals surface area contributed by atoms with Crippen LogP contribution in [0.1, 0.15) is 47.3 Å². The lowest BCUT2D eigenvalue weighted by Crippen LogP contribution is -2.33. The first kappa shape index (κ1) is 18.1. The van der Waals surface area contributed by atoms with Crippen LogP contribution in [0.2, 0.25) is 0 Å². The number of nitrogens with one attached hydrogen (secondary N) is 2. The second-order valence-corrected chi connectivity index (χ2v) is 8.22. The van der Waals surface area contributed by atoms with Crippen LogP contribution in [0.3, 0.4) is 0 Å². The Kier molecular flexibility index (Phi) is 4.27. The van der Waals surface area contributed by atoms with Crippen LogP contribution in [-0.4, -0.2) is 27.0 Å². The third kappa shape index (κ3) is 3.25. The number of halogens is 1. The Balaban J connectivity index is 1.49. The average molecular weight is 457 g/mol. The molecule has 9 heteroatoms. The maximum absolute atomic E-state index is 12.9. The van der Waals surface area contributed by atoms with Gasteiger partial charge in [0.1, 0.15) is 11.4 Å². The first-order valence-electron chi connectivity index (χ1n) is 9.39. The zero-order chi connectivity index (χ0) is 20.1. The molecule has 5 rings (SSSR count). The Labute approximate surface area is 173 Å². The van der Waals surface area contributed by atoms with Gasteiger partial charge in [0.15, 0.2) is 0 Å². The summed E-state index contributed by atoms with van der Waals surface area (Å²) in [6.07, 6.45) is 3.81. The number of rotatable bonds is 3. The quantitative estimate of drug-likeness (QED) is 0.629. The van der Waals surface area contributed by atoms with E-state index in [9.17, 15) is 14.4 Å². The molecule has 1 aliphatic heterocycles.